The smallest absolute Gasteiger partial charge is 0.256 e. The Bertz CT molecular complexity index is 1040. The van der Waals surface area contributed by atoms with E-state index in [0.717, 1.165) is 28.1 Å². The largest absolute Gasteiger partial charge is 0.489 e. The minimum atomic E-state index is -0.133. The van der Waals surface area contributed by atoms with E-state index in [2.05, 4.69) is 5.32 Å². The Morgan fingerprint density at radius 1 is 0.963 bits per heavy atom. The van der Waals surface area contributed by atoms with Crippen LogP contribution in [0.25, 0.3) is 11.6 Å². The molecular weight excluding hydrogens is 381 g/mol. The van der Waals surface area contributed by atoms with Crippen molar-refractivity contribution in [1.82, 2.24) is 0 Å². The first-order valence-electron chi connectivity index (χ1n) is 8.39. The van der Waals surface area contributed by atoms with Crippen LogP contribution in [0.1, 0.15) is 16.7 Å². The normalized spacial score (nSPS) is 14.1. The molecule has 4 rings (SSSR count). The van der Waals surface area contributed by atoms with Crippen LogP contribution in [-0.2, 0) is 11.4 Å². The molecule has 5 heteroatoms. The van der Waals surface area contributed by atoms with Gasteiger partial charge in [0.2, 0.25) is 0 Å². The molecule has 0 fully saturated rings. The molecule has 3 aromatic carbocycles. The van der Waals surface area contributed by atoms with E-state index >= 15 is 0 Å². The third-order valence-corrected chi connectivity index (χ3v) is 4.91. The van der Waals surface area contributed by atoms with Crippen molar-refractivity contribution in [3.8, 4) is 5.75 Å². The highest BCUT2D eigenvalue weighted by Gasteiger charge is 2.23. The van der Waals surface area contributed by atoms with Crippen molar-refractivity contribution in [3.05, 3.63) is 93.5 Å². The van der Waals surface area contributed by atoms with Crippen LogP contribution in [0.4, 0.5) is 5.69 Å². The van der Waals surface area contributed by atoms with E-state index in [-0.39, 0.29) is 5.91 Å². The molecule has 3 nitrogen and oxygen atoms in total. The second kappa shape index (κ2) is 7.47. The highest BCUT2D eigenvalue weighted by molar-refractivity contribution is 6.36. The van der Waals surface area contributed by atoms with E-state index in [1.807, 2.05) is 60.7 Å². The third-order valence-electron chi connectivity index (χ3n) is 4.31. The molecule has 0 aromatic heterocycles. The maximum Gasteiger partial charge on any atom is 0.256 e. The van der Waals surface area contributed by atoms with Gasteiger partial charge in [0.1, 0.15) is 12.4 Å². The molecule has 0 radical (unpaired) electrons. The van der Waals surface area contributed by atoms with Gasteiger partial charge in [-0.1, -0.05) is 59.6 Å². The third kappa shape index (κ3) is 3.85. The molecule has 1 aliphatic rings. The molecule has 134 valence electrons. The quantitative estimate of drug-likeness (QED) is 0.544. The number of fused-ring (bicyclic) bond motifs is 1. The Labute approximate surface area is 167 Å². The molecule has 27 heavy (non-hydrogen) atoms. The van der Waals surface area contributed by atoms with E-state index in [4.69, 9.17) is 27.9 Å². The van der Waals surface area contributed by atoms with Crippen LogP contribution in [0.2, 0.25) is 10.0 Å². The van der Waals surface area contributed by atoms with Gasteiger partial charge in [0.15, 0.2) is 0 Å². The van der Waals surface area contributed by atoms with Gasteiger partial charge in [-0.2, -0.15) is 0 Å². The molecule has 0 spiro atoms. The lowest BCUT2D eigenvalue weighted by molar-refractivity contribution is -0.110. The summed E-state index contributed by atoms with van der Waals surface area (Å²) >= 11 is 12.1. The zero-order valence-electron chi connectivity index (χ0n) is 14.2. The Kier molecular flexibility index (Phi) is 4.88. The molecule has 1 amide bonds. The van der Waals surface area contributed by atoms with Crippen LogP contribution in [0.5, 0.6) is 5.75 Å². The van der Waals surface area contributed by atoms with Gasteiger partial charge in [-0.3, -0.25) is 4.79 Å². The fourth-order valence-corrected chi connectivity index (χ4v) is 3.28. The molecule has 0 saturated carbocycles. The van der Waals surface area contributed by atoms with E-state index in [0.29, 0.717) is 22.2 Å². The van der Waals surface area contributed by atoms with Crippen LogP contribution in [0, 0.1) is 0 Å². The summed E-state index contributed by atoms with van der Waals surface area (Å²) in [4.78, 5) is 12.2. The highest BCUT2D eigenvalue weighted by Crippen LogP contribution is 2.35. The van der Waals surface area contributed by atoms with Crippen molar-refractivity contribution in [2.45, 2.75) is 6.61 Å². The minimum Gasteiger partial charge on any atom is -0.489 e. The predicted molar refractivity (Wildman–Crippen MR) is 110 cm³/mol. The van der Waals surface area contributed by atoms with Gasteiger partial charge < -0.3 is 10.1 Å². The second-order valence-electron chi connectivity index (χ2n) is 6.15. The summed E-state index contributed by atoms with van der Waals surface area (Å²) < 4.78 is 5.79. The number of hydrogen-bond acceptors (Lipinski definition) is 2. The van der Waals surface area contributed by atoms with Gasteiger partial charge >= 0.3 is 0 Å². The molecule has 1 N–H and O–H groups in total. The lowest BCUT2D eigenvalue weighted by atomic mass is 10.0. The summed E-state index contributed by atoms with van der Waals surface area (Å²) in [5, 5.41) is 4.11. The number of halogens is 2. The van der Waals surface area contributed by atoms with Crippen LogP contribution < -0.4 is 10.1 Å². The standard InChI is InChI=1S/C22H15Cl2NO2/c23-16-7-10-18-19(22(26)25-21(18)12-16)11-14-5-8-17(9-6-14)27-13-15-3-1-2-4-20(15)24/h1-12H,13H2,(H,25,26)/b19-11+. The van der Waals surface area contributed by atoms with E-state index < -0.39 is 0 Å². The summed E-state index contributed by atoms with van der Waals surface area (Å²) in [6.45, 7) is 0.399. The Morgan fingerprint density at radius 2 is 1.74 bits per heavy atom. The van der Waals surface area contributed by atoms with Crippen LogP contribution in [0.15, 0.2) is 66.7 Å². The topological polar surface area (TPSA) is 38.3 Å². The van der Waals surface area contributed by atoms with Gasteiger partial charge in [0, 0.05) is 26.7 Å². The molecule has 1 aliphatic heterocycles. The number of amides is 1. The highest BCUT2D eigenvalue weighted by atomic mass is 35.5. The molecule has 3 aromatic rings. The average Bonchev–Trinajstić information content (AvgIpc) is 2.96. The summed E-state index contributed by atoms with van der Waals surface area (Å²) in [5.74, 6) is 0.603. The number of hydrogen-bond donors (Lipinski definition) is 1. The summed E-state index contributed by atoms with van der Waals surface area (Å²) in [6.07, 6.45) is 1.85. The maximum atomic E-state index is 12.2. The monoisotopic (exact) mass is 395 g/mol. The molecule has 0 bridgehead atoms. The van der Waals surface area contributed by atoms with E-state index in [1.165, 1.54) is 0 Å². The molecule has 0 atom stereocenters. The first kappa shape index (κ1) is 17.7. The average molecular weight is 396 g/mol. The van der Waals surface area contributed by atoms with Gasteiger partial charge in [-0.15, -0.1) is 0 Å². The van der Waals surface area contributed by atoms with E-state index in [1.54, 1.807) is 12.1 Å². The van der Waals surface area contributed by atoms with Crippen molar-refractivity contribution in [2.75, 3.05) is 5.32 Å². The van der Waals surface area contributed by atoms with Crippen LogP contribution in [0.3, 0.4) is 0 Å². The molecular formula is C22H15Cl2NO2. The van der Waals surface area contributed by atoms with Gasteiger partial charge in [-0.05, 0) is 42.0 Å². The lowest BCUT2D eigenvalue weighted by Crippen LogP contribution is -2.03. The molecule has 0 saturated heterocycles. The van der Waals surface area contributed by atoms with Crippen molar-refractivity contribution in [2.24, 2.45) is 0 Å². The van der Waals surface area contributed by atoms with Gasteiger partial charge in [0.25, 0.3) is 5.91 Å². The first-order chi connectivity index (χ1) is 13.1. The SMILES string of the molecule is O=C1Nc2cc(Cl)ccc2/C1=C\c1ccc(OCc2ccccc2Cl)cc1. The lowest BCUT2D eigenvalue weighted by Gasteiger charge is -2.08. The van der Waals surface area contributed by atoms with Crippen LogP contribution in [-0.4, -0.2) is 5.91 Å². The molecule has 0 unspecified atom stereocenters. The number of anilines is 1. The van der Waals surface area contributed by atoms with E-state index in [9.17, 15) is 4.79 Å². The molecule has 1 heterocycles. The zero-order valence-corrected chi connectivity index (χ0v) is 15.7. The molecule has 0 aliphatic carbocycles. The Balaban J connectivity index is 1.51. The summed E-state index contributed by atoms with van der Waals surface area (Å²) in [6, 6.07) is 20.5. The zero-order chi connectivity index (χ0) is 18.8. The van der Waals surface area contributed by atoms with Crippen molar-refractivity contribution >= 4 is 46.4 Å². The fourth-order valence-electron chi connectivity index (χ4n) is 2.91. The van der Waals surface area contributed by atoms with Crippen LogP contribution >= 0.6 is 23.2 Å². The van der Waals surface area contributed by atoms with Gasteiger partial charge in [-0.25, -0.2) is 0 Å². The van der Waals surface area contributed by atoms with Gasteiger partial charge in [0.05, 0.1) is 5.69 Å². The number of rotatable bonds is 4. The fraction of sp³-hybridized carbons (Fsp3) is 0.0455. The summed E-state index contributed by atoms with van der Waals surface area (Å²) in [5.41, 5.74) is 4.05. The predicted octanol–water partition coefficient (Wildman–Crippen LogP) is 6.07. The summed E-state index contributed by atoms with van der Waals surface area (Å²) in [7, 11) is 0. The van der Waals surface area contributed by atoms with Crippen molar-refractivity contribution < 1.29 is 9.53 Å². The number of ether oxygens (including phenoxy) is 1. The minimum absolute atomic E-state index is 0.133. The van der Waals surface area contributed by atoms with Crippen molar-refractivity contribution in [3.63, 3.8) is 0 Å². The maximum absolute atomic E-state index is 12.2. The Hall–Kier alpha value is -2.75. The number of carbonyl (C=O) groups is 1. The second-order valence-corrected chi connectivity index (χ2v) is 6.99. The Morgan fingerprint density at radius 3 is 2.52 bits per heavy atom. The van der Waals surface area contributed by atoms with Crippen molar-refractivity contribution in [1.29, 1.82) is 0 Å². The number of benzene rings is 3. The number of nitrogens with one attached hydrogen (secondary N) is 1. The first-order valence-corrected chi connectivity index (χ1v) is 9.15. The number of carbonyl (C=O) groups excluding carboxylic acids is 1.